The Morgan fingerprint density at radius 2 is 1.63 bits per heavy atom. The number of hydrogen-bond acceptors (Lipinski definition) is 1. The van der Waals surface area contributed by atoms with Crippen molar-refractivity contribution in [2.75, 3.05) is 11.9 Å². The second-order valence-electron chi connectivity index (χ2n) is 4.06. The van der Waals surface area contributed by atoms with Crippen molar-refractivity contribution in [1.82, 2.24) is 0 Å². The van der Waals surface area contributed by atoms with Crippen molar-refractivity contribution in [3.05, 3.63) is 58.6 Å². The van der Waals surface area contributed by atoms with Crippen LogP contribution in [0.25, 0.3) is 0 Å². The Bertz CT molecular complexity index is 567. The van der Waals surface area contributed by atoms with Gasteiger partial charge in [0.25, 0.3) is 0 Å². The molecule has 1 nitrogen and oxygen atoms in total. The highest BCUT2D eigenvalue weighted by Gasteiger charge is 2.31. The smallest absolute Gasteiger partial charge is 0.344 e. The molecule has 0 saturated carbocycles. The maximum atomic E-state index is 12.6. The van der Waals surface area contributed by atoms with Gasteiger partial charge in [-0.15, -0.1) is 0 Å². The molecule has 2 aromatic rings. The highest BCUT2D eigenvalue weighted by molar-refractivity contribution is 9.10. The van der Waals surface area contributed by atoms with Crippen LogP contribution in [0.1, 0.15) is 5.56 Å². The van der Waals surface area contributed by atoms with Gasteiger partial charge in [0.1, 0.15) is 0 Å². The summed E-state index contributed by atoms with van der Waals surface area (Å²) in [5, 5.41) is 0. The molecule has 0 aliphatic carbocycles. The topological polar surface area (TPSA) is 3.24 Å². The molecule has 2 rings (SSSR count). The first-order chi connectivity index (χ1) is 8.89. The normalized spacial score (nSPS) is 11.4. The summed E-state index contributed by atoms with van der Waals surface area (Å²) in [6.45, 7) is 0. The minimum atomic E-state index is -4.33. The monoisotopic (exact) mass is 329 g/mol. The van der Waals surface area contributed by atoms with Gasteiger partial charge in [0.2, 0.25) is 0 Å². The number of nitrogens with zero attached hydrogens (tertiary/aromatic N) is 1. The standard InChI is InChI=1S/C14H11BrF3N/c1-19(11-5-3-2-4-6-11)13-8-7-10(9-12(13)15)14(16,17)18/h2-9H,1H3. The highest BCUT2D eigenvalue weighted by atomic mass is 79.9. The van der Waals surface area contributed by atoms with E-state index in [9.17, 15) is 13.2 Å². The third-order valence-corrected chi connectivity index (χ3v) is 3.42. The molecule has 0 N–H and O–H groups in total. The summed E-state index contributed by atoms with van der Waals surface area (Å²) in [5.41, 5.74) is 0.923. The van der Waals surface area contributed by atoms with Crippen molar-refractivity contribution >= 4 is 27.3 Å². The Morgan fingerprint density at radius 1 is 1.00 bits per heavy atom. The first-order valence-electron chi connectivity index (χ1n) is 5.55. The van der Waals surface area contributed by atoms with Crippen LogP contribution in [-0.4, -0.2) is 7.05 Å². The Morgan fingerprint density at radius 3 is 2.16 bits per heavy atom. The molecule has 2 aromatic carbocycles. The Kier molecular flexibility index (Phi) is 3.85. The summed E-state index contributed by atoms with van der Waals surface area (Å²) in [6.07, 6.45) is -4.33. The first-order valence-corrected chi connectivity index (χ1v) is 6.34. The number of anilines is 2. The SMILES string of the molecule is CN(c1ccccc1)c1ccc(C(F)(F)F)cc1Br. The molecule has 0 amide bonds. The van der Waals surface area contributed by atoms with Gasteiger partial charge in [-0.1, -0.05) is 18.2 Å². The van der Waals surface area contributed by atoms with Crippen LogP contribution in [-0.2, 0) is 6.18 Å². The van der Waals surface area contributed by atoms with Gasteiger partial charge in [-0.2, -0.15) is 13.2 Å². The molecule has 0 fully saturated rings. The fraction of sp³-hybridized carbons (Fsp3) is 0.143. The van der Waals surface area contributed by atoms with Crippen LogP contribution in [0, 0.1) is 0 Å². The van der Waals surface area contributed by atoms with E-state index in [1.54, 1.807) is 0 Å². The second kappa shape index (κ2) is 5.25. The zero-order chi connectivity index (χ0) is 14.0. The van der Waals surface area contributed by atoms with Crippen molar-refractivity contribution in [1.29, 1.82) is 0 Å². The summed E-state index contributed by atoms with van der Waals surface area (Å²) >= 11 is 3.20. The molecule has 100 valence electrons. The minimum absolute atomic E-state index is 0.411. The Balaban J connectivity index is 2.37. The van der Waals surface area contributed by atoms with E-state index < -0.39 is 11.7 Å². The summed E-state index contributed by atoms with van der Waals surface area (Å²) in [7, 11) is 1.81. The molecule has 5 heteroatoms. The van der Waals surface area contributed by atoms with Gasteiger partial charge in [0.05, 0.1) is 11.3 Å². The number of hydrogen-bond donors (Lipinski definition) is 0. The fourth-order valence-corrected chi connectivity index (χ4v) is 2.39. The van der Waals surface area contributed by atoms with Gasteiger partial charge in [-0.25, -0.2) is 0 Å². The van der Waals surface area contributed by atoms with Crippen molar-refractivity contribution in [3.63, 3.8) is 0 Å². The van der Waals surface area contributed by atoms with Gasteiger partial charge in [0.15, 0.2) is 0 Å². The molecule has 0 heterocycles. The summed E-state index contributed by atoms with van der Waals surface area (Å²) in [4.78, 5) is 1.82. The van der Waals surface area contributed by atoms with Crippen LogP contribution >= 0.6 is 15.9 Å². The lowest BCUT2D eigenvalue weighted by Crippen LogP contribution is -2.11. The van der Waals surface area contributed by atoms with Crippen molar-refractivity contribution in [3.8, 4) is 0 Å². The van der Waals surface area contributed by atoms with Crippen molar-refractivity contribution in [2.45, 2.75) is 6.18 Å². The Labute approximate surface area is 117 Å². The second-order valence-corrected chi connectivity index (χ2v) is 4.91. The first kappa shape index (κ1) is 13.9. The predicted octanol–water partition coefficient (Wildman–Crippen LogP) is 5.24. The number of rotatable bonds is 2. The van der Waals surface area contributed by atoms with E-state index in [0.29, 0.717) is 10.2 Å². The van der Waals surface area contributed by atoms with Crippen molar-refractivity contribution in [2.24, 2.45) is 0 Å². The molecule has 19 heavy (non-hydrogen) atoms. The molecule has 0 aliphatic rings. The molecule has 0 unspecified atom stereocenters. The van der Waals surface area contributed by atoms with Crippen LogP contribution in [0.3, 0.4) is 0 Å². The third-order valence-electron chi connectivity index (χ3n) is 2.78. The zero-order valence-electron chi connectivity index (χ0n) is 10.1. The molecular weight excluding hydrogens is 319 g/mol. The average molecular weight is 330 g/mol. The molecule has 0 bridgehead atoms. The third kappa shape index (κ3) is 3.10. The Hall–Kier alpha value is -1.49. The predicted molar refractivity (Wildman–Crippen MR) is 73.6 cm³/mol. The molecular formula is C14H11BrF3N. The van der Waals surface area contributed by atoms with Gasteiger partial charge < -0.3 is 4.90 Å². The van der Waals surface area contributed by atoms with Crippen LogP contribution in [0.15, 0.2) is 53.0 Å². The minimum Gasteiger partial charge on any atom is -0.344 e. The maximum Gasteiger partial charge on any atom is 0.416 e. The quantitative estimate of drug-likeness (QED) is 0.728. The lowest BCUT2D eigenvalue weighted by Gasteiger charge is -2.21. The number of halogens is 4. The van der Waals surface area contributed by atoms with Crippen LogP contribution in [0.2, 0.25) is 0 Å². The van der Waals surface area contributed by atoms with Gasteiger partial charge in [0, 0.05) is 17.2 Å². The lowest BCUT2D eigenvalue weighted by molar-refractivity contribution is -0.137. The molecule has 0 saturated heterocycles. The number of benzene rings is 2. The van der Waals surface area contributed by atoms with Crippen LogP contribution < -0.4 is 4.90 Å². The maximum absolute atomic E-state index is 12.6. The fourth-order valence-electron chi connectivity index (χ4n) is 1.75. The number of alkyl halides is 3. The van der Waals surface area contributed by atoms with Gasteiger partial charge >= 0.3 is 6.18 Å². The summed E-state index contributed by atoms with van der Waals surface area (Å²) in [5.74, 6) is 0. The lowest BCUT2D eigenvalue weighted by atomic mass is 10.2. The zero-order valence-corrected chi connectivity index (χ0v) is 11.7. The number of para-hydroxylation sites is 1. The van der Waals surface area contributed by atoms with E-state index >= 15 is 0 Å². The molecule has 0 spiro atoms. The van der Waals surface area contributed by atoms with Gasteiger partial charge in [-0.05, 0) is 46.3 Å². The largest absolute Gasteiger partial charge is 0.416 e. The van der Waals surface area contributed by atoms with E-state index in [1.807, 2.05) is 42.3 Å². The van der Waals surface area contributed by atoms with E-state index in [-0.39, 0.29) is 0 Å². The molecule has 0 radical (unpaired) electrons. The van der Waals surface area contributed by atoms with Crippen LogP contribution in [0.5, 0.6) is 0 Å². The van der Waals surface area contributed by atoms with Crippen molar-refractivity contribution < 1.29 is 13.2 Å². The molecule has 0 aliphatic heterocycles. The highest BCUT2D eigenvalue weighted by Crippen LogP contribution is 2.36. The summed E-state index contributed by atoms with van der Waals surface area (Å²) in [6, 6.07) is 13.1. The summed E-state index contributed by atoms with van der Waals surface area (Å²) < 4.78 is 38.2. The van der Waals surface area contributed by atoms with Gasteiger partial charge in [-0.3, -0.25) is 0 Å². The van der Waals surface area contributed by atoms with E-state index in [1.165, 1.54) is 6.07 Å². The average Bonchev–Trinajstić information content (AvgIpc) is 2.38. The molecule has 0 aromatic heterocycles. The van der Waals surface area contributed by atoms with E-state index in [2.05, 4.69) is 15.9 Å². The van der Waals surface area contributed by atoms with Crippen LogP contribution in [0.4, 0.5) is 24.5 Å². The molecule has 0 atom stereocenters. The van der Waals surface area contributed by atoms with E-state index in [0.717, 1.165) is 17.8 Å². The van der Waals surface area contributed by atoms with E-state index in [4.69, 9.17) is 0 Å².